The molecule has 0 unspecified atom stereocenters. The number of methoxy groups -OCH3 is 1. The van der Waals surface area contributed by atoms with E-state index >= 15 is 0 Å². The van der Waals surface area contributed by atoms with Crippen LogP contribution in [0.3, 0.4) is 0 Å². The third-order valence-electron chi connectivity index (χ3n) is 2.54. The highest BCUT2D eigenvalue weighted by Crippen LogP contribution is 2.20. The number of hydrogen-bond donors (Lipinski definition) is 2. The number of ether oxygens (including phenoxy) is 1. The van der Waals surface area contributed by atoms with Gasteiger partial charge in [0.15, 0.2) is 0 Å². The zero-order chi connectivity index (χ0) is 12.0. The number of aromatic nitrogens is 1. The average Bonchev–Trinajstić information content (AvgIpc) is 2.27. The van der Waals surface area contributed by atoms with Gasteiger partial charge >= 0.3 is 0 Å². The van der Waals surface area contributed by atoms with Crippen LogP contribution in [0.1, 0.15) is 20.3 Å². The Kier molecular flexibility index (Phi) is 4.55. The van der Waals surface area contributed by atoms with Crippen LogP contribution in [-0.4, -0.2) is 25.2 Å². The van der Waals surface area contributed by atoms with Crippen molar-refractivity contribution in [2.24, 2.45) is 11.1 Å². The Hall–Kier alpha value is -1.29. The Morgan fingerprint density at radius 3 is 2.69 bits per heavy atom. The van der Waals surface area contributed by atoms with Gasteiger partial charge in [-0.3, -0.25) is 0 Å². The lowest BCUT2D eigenvalue weighted by Crippen LogP contribution is -2.26. The summed E-state index contributed by atoms with van der Waals surface area (Å²) in [7, 11) is 1.63. The molecule has 0 bridgehead atoms. The molecule has 4 nitrogen and oxygen atoms in total. The minimum atomic E-state index is 0.191. The van der Waals surface area contributed by atoms with E-state index < -0.39 is 0 Å². The maximum atomic E-state index is 5.56. The largest absolute Gasteiger partial charge is 0.495 e. The van der Waals surface area contributed by atoms with Gasteiger partial charge in [-0.15, -0.1) is 0 Å². The van der Waals surface area contributed by atoms with Gasteiger partial charge in [-0.05, 0) is 30.5 Å². The summed E-state index contributed by atoms with van der Waals surface area (Å²) in [6, 6.07) is 3.81. The number of pyridine rings is 1. The molecule has 0 saturated carbocycles. The van der Waals surface area contributed by atoms with Crippen molar-refractivity contribution < 1.29 is 4.74 Å². The standard InChI is InChI=1S/C12H21N3O/c1-12(2,6-7-13)9-15-11-5-4-10(16-3)8-14-11/h4-5,8H,6-7,9,13H2,1-3H3,(H,14,15). The molecule has 0 radical (unpaired) electrons. The molecule has 0 atom stereocenters. The van der Waals surface area contributed by atoms with Crippen LogP contribution in [0.2, 0.25) is 0 Å². The SMILES string of the molecule is COc1ccc(NCC(C)(C)CCN)nc1. The van der Waals surface area contributed by atoms with Crippen LogP contribution < -0.4 is 15.8 Å². The van der Waals surface area contributed by atoms with Gasteiger partial charge in [0.1, 0.15) is 11.6 Å². The van der Waals surface area contributed by atoms with Crippen molar-refractivity contribution >= 4 is 5.82 Å². The van der Waals surface area contributed by atoms with Crippen LogP contribution in [0, 0.1) is 5.41 Å². The summed E-state index contributed by atoms with van der Waals surface area (Å²) in [6.07, 6.45) is 2.70. The number of hydrogen-bond acceptors (Lipinski definition) is 4. The number of nitrogens with zero attached hydrogens (tertiary/aromatic N) is 1. The molecule has 1 heterocycles. The number of rotatable bonds is 6. The summed E-state index contributed by atoms with van der Waals surface area (Å²) in [6.45, 7) is 5.96. The Morgan fingerprint density at radius 1 is 1.44 bits per heavy atom. The van der Waals surface area contributed by atoms with Gasteiger partial charge in [-0.25, -0.2) is 4.98 Å². The van der Waals surface area contributed by atoms with E-state index in [2.05, 4.69) is 24.1 Å². The minimum absolute atomic E-state index is 0.191. The molecule has 1 aromatic rings. The van der Waals surface area contributed by atoms with Crippen molar-refractivity contribution in [3.05, 3.63) is 18.3 Å². The summed E-state index contributed by atoms with van der Waals surface area (Å²) in [5.41, 5.74) is 5.75. The molecular formula is C12H21N3O. The summed E-state index contributed by atoms with van der Waals surface area (Å²) in [5.74, 6) is 1.64. The van der Waals surface area contributed by atoms with Crippen molar-refractivity contribution in [2.75, 3.05) is 25.5 Å². The van der Waals surface area contributed by atoms with E-state index in [0.29, 0.717) is 6.54 Å². The number of anilines is 1. The second-order valence-corrected chi connectivity index (χ2v) is 4.64. The van der Waals surface area contributed by atoms with Crippen molar-refractivity contribution in [2.45, 2.75) is 20.3 Å². The first-order chi connectivity index (χ1) is 7.57. The fraction of sp³-hybridized carbons (Fsp3) is 0.583. The summed E-state index contributed by atoms with van der Waals surface area (Å²) < 4.78 is 5.05. The maximum Gasteiger partial charge on any atom is 0.137 e. The van der Waals surface area contributed by atoms with Crippen LogP contribution in [0.15, 0.2) is 18.3 Å². The molecule has 90 valence electrons. The quantitative estimate of drug-likeness (QED) is 0.773. The smallest absolute Gasteiger partial charge is 0.137 e. The second kappa shape index (κ2) is 5.70. The molecule has 0 fully saturated rings. The monoisotopic (exact) mass is 223 g/mol. The van der Waals surface area contributed by atoms with E-state index in [1.165, 1.54) is 0 Å². The lowest BCUT2D eigenvalue weighted by atomic mass is 9.89. The van der Waals surface area contributed by atoms with Crippen LogP contribution in [0.4, 0.5) is 5.82 Å². The van der Waals surface area contributed by atoms with Crippen LogP contribution in [0.25, 0.3) is 0 Å². The zero-order valence-electron chi connectivity index (χ0n) is 10.3. The average molecular weight is 223 g/mol. The third-order valence-corrected chi connectivity index (χ3v) is 2.54. The fourth-order valence-electron chi connectivity index (χ4n) is 1.41. The van der Waals surface area contributed by atoms with E-state index in [0.717, 1.165) is 24.5 Å². The highest BCUT2D eigenvalue weighted by Gasteiger charge is 2.16. The van der Waals surface area contributed by atoms with Gasteiger partial charge in [0, 0.05) is 6.54 Å². The van der Waals surface area contributed by atoms with E-state index in [-0.39, 0.29) is 5.41 Å². The molecule has 0 aliphatic heterocycles. The Morgan fingerprint density at radius 2 is 2.19 bits per heavy atom. The Labute approximate surface area is 97.2 Å². The fourth-order valence-corrected chi connectivity index (χ4v) is 1.41. The van der Waals surface area contributed by atoms with Crippen molar-refractivity contribution in [3.63, 3.8) is 0 Å². The van der Waals surface area contributed by atoms with Gasteiger partial charge < -0.3 is 15.8 Å². The zero-order valence-corrected chi connectivity index (χ0v) is 10.3. The molecule has 3 N–H and O–H groups in total. The molecule has 1 aromatic heterocycles. The van der Waals surface area contributed by atoms with E-state index in [1.54, 1.807) is 13.3 Å². The highest BCUT2D eigenvalue weighted by molar-refractivity contribution is 5.37. The van der Waals surface area contributed by atoms with Gasteiger partial charge in [0.25, 0.3) is 0 Å². The van der Waals surface area contributed by atoms with E-state index in [1.807, 2.05) is 12.1 Å². The van der Waals surface area contributed by atoms with E-state index in [9.17, 15) is 0 Å². The molecule has 0 saturated heterocycles. The first-order valence-electron chi connectivity index (χ1n) is 5.51. The summed E-state index contributed by atoms with van der Waals surface area (Å²) >= 11 is 0. The van der Waals surface area contributed by atoms with E-state index in [4.69, 9.17) is 10.5 Å². The van der Waals surface area contributed by atoms with Gasteiger partial charge in [-0.2, -0.15) is 0 Å². The summed E-state index contributed by atoms with van der Waals surface area (Å²) in [5, 5.41) is 3.30. The number of nitrogens with one attached hydrogen (secondary N) is 1. The lowest BCUT2D eigenvalue weighted by Gasteiger charge is -2.24. The first-order valence-corrected chi connectivity index (χ1v) is 5.51. The van der Waals surface area contributed by atoms with Crippen LogP contribution >= 0.6 is 0 Å². The highest BCUT2D eigenvalue weighted by atomic mass is 16.5. The molecule has 0 aliphatic carbocycles. The van der Waals surface area contributed by atoms with Crippen LogP contribution in [-0.2, 0) is 0 Å². The number of nitrogens with two attached hydrogens (primary N) is 1. The molecule has 1 rings (SSSR count). The molecular weight excluding hydrogens is 202 g/mol. The summed E-state index contributed by atoms with van der Waals surface area (Å²) in [4.78, 5) is 4.25. The first kappa shape index (κ1) is 12.8. The molecule has 0 spiro atoms. The van der Waals surface area contributed by atoms with Gasteiger partial charge in [0.2, 0.25) is 0 Å². The van der Waals surface area contributed by atoms with Crippen molar-refractivity contribution in [1.82, 2.24) is 4.98 Å². The molecule has 0 aromatic carbocycles. The molecule has 0 aliphatic rings. The van der Waals surface area contributed by atoms with Crippen molar-refractivity contribution in [3.8, 4) is 5.75 Å². The van der Waals surface area contributed by atoms with Crippen LogP contribution in [0.5, 0.6) is 5.75 Å². The normalized spacial score (nSPS) is 11.2. The minimum Gasteiger partial charge on any atom is -0.495 e. The predicted molar refractivity (Wildman–Crippen MR) is 66.7 cm³/mol. The molecule has 0 amide bonds. The second-order valence-electron chi connectivity index (χ2n) is 4.64. The molecule has 4 heteroatoms. The lowest BCUT2D eigenvalue weighted by molar-refractivity contribution is 0.365. The topological polar surface area (TPSA) is 60.2 Å². The maximum absolute atomic E-state index is 5.56. The molecule has 16 heavy (non-hydrogen) atoms. The van der Waals surface area contributed by atoms with Gasteiger partial charge in [0.05, 0.1) is 13.3 Å². The van der Waals surface area contributed by atoms with Crippen molar-refractivity contribution in [1.29, 1.82) is 0 Å². The third kappa shape index (κ3) is 4.06. The Balaban J connectivity index is 2.48. The van der Waals surface area contributed by atoms with Gasteiger partial charge in [-0.1, -0.05) is 13.8 Å². The predicted octanol–water partition coefficient (Wildman–Crippen LogP) is 1.88. The Bertz CT molecular complexity index is 309.